The summed E-state index contributed by atoms with van der Waals surface area (Å²) < 4.78 is 5.49. The second-order valence-corrected chi connectivity index (χ2v) is 5.73. The van der Waals surface area contributed by atoms with E-state index in [-0.39, 0.29) is 0 Å². The van der Waals surface area contributed by atoms with E-state index < -0.39 is 6.10 Å². The van der Waals surface area contributed by atoms with E-state index in [1.807, 2.05) is 44.2 Å². The Morgan fingerprint density at radius 3 is 2.70 bits per heavy atom. The highest BCUT2D eigenvalue weighted by atomic mass is 35.5. The van der Waals surface area contributed by atoms with Crippen LogP contribution in [0.3, 0.4) is 0 Å². The van der Waals surface area contributed by atoms with Gasteiger partial charge in [0.15, 0.2) is 0 Å². The minimum absolute atomic E-state index is 0.609. The van der Waals surface area contributed by atoms with Gasteiger partial charge in [0, 0.05) is 17.0 Å². The van der Waals surface area contributed by atoms with Crippen molar-refractivity contribution in [2.45, 2.75) is 26.4 Å². The molecule has 1 aliphatic heterocycles. The van der Waals surface area contributed by atoms with Crippen LogP contribution in [0.5, 0.6) is 5.75 Å². The summed E-state index contributed by atoms with van der Waals surface area (Å²) in [6.45, 7) is 4.77. The lowest BCUT2D eigenvalue weighted by Gasteiger charge is -2.16. The zero-order valence-corrected chi connectivity index (χ0v) is 12.4. The van der Waals surface area contributed by atoms with Gasteiger partial charge in [-0.05, 0) is 54.3 Å². The first kappa shape index (κ1) is 13.5. The first-order valence-electron chi connectivity index (χ1n) is 6.76. The van der Waals surface area contributed by atoms with Gasteiger partial charge in [0.2, 0.25) is 0 Å². The van der Waals surface area contributed by atoms with Crippen LogP contribution in [0, 0.1) is 13.8 Å². The van der Waals surface area contributed by atoms with E-state index in [2.05, 4.69) is 0 Å². The van der Waals surface area contributed by atoms with Crippen molar-refractivity contribution in [3.8, 4) is 5.75 Å². The van der Waals surface area contributed by atoms with Gasteiger partial charge < -0.3 is 9.84 Å². The third kappa shape index (κ3) is 2.30. The van der Waals surface area contributed by atoms with Gasteiger partial charge >= 0.3 is 0 Å². The maximum Gasteiger partial charge on any atom is 0.122 e. The molecule has 0 radical (unpaired) electrons. The predicted molar refractivity (Wildman–Crippen MR) is 80.6 cm³/mol. The molecule has 0 aliphatic carbocycles. The van der Waals surface area contributed by atoms with Gasteiger partial charge in [0.05, 0.1) is 6.61 Å². The Balaban J connectivity index is 2.00. The average molecular weight is 289 g/mol. The quantitative estimate of drug-likeness (QED) is 0.906. The fourth-order valence-corrected chi connectivity index (χ4v) is 2.89. The summed E-state index contributed by atoms with van der Waals surface area (Å²) in [4.78, 5) is 0. The van der Waals surface area contributed by atoms with Crippen molar-refractivity contribution in [3.63, 3.8) is 0 Å². The van der Waals surface area contributed by atoms with Crippen LogP contribution in [0.25, 0.3) is 0 Å². The molecule has 0 amide bonds. The van der Waals surface area contributed by atoms with E-state index in [9.17, 15) is 5.11 Å². The van der Waals surface area contributed by atoms with Crippen molar-refractivity contribution in [3.05, 3.63) is 63.2 Å². The second-order valence-electron chi connectivity index (χ2n) is 5.33. The molecule has 3 heteroatoms. The Labute approximate surface area is 124 Å². The molecule has 1 unspecified atom stereocenters. The van der Waals surface area contributed by atoms with Crippen molar-refractivity contribution >= 4 is 11.6 Å². The molecule has 0 aromatic heterocycles. The van der Waals surface area contributed by atoms with Gasteiger partial charge in [-0.1, -0.05) is 23.7 Å². The van der Waals surface area contributed by atoms with Crippen LogP contribution >= 0.6 is 11.6 Å². The normalized spacial score (nSPS) is 14.8. The molecule has 104 valence electrons. The van der Waals surface area contributed by atoms with Crippen molar-refractivity contribution < 1.29 is 9.84 Å². The molecular weight excluding hydrogens is 272 g/mol. The Morgan fingerprint density at radius 1 is 1.15 bits per heavy atom. The molecule has 2 aromatic rings. The van der Waals surface area contributed by atoms with E-state index in [1.54, 1.807) is 0 Å². The van der Waals surface area contributed by atoms with Gasteiger partial charge in [-0.25, -0.2) is 0 Å². The standard InChI is InChI=1S/C17H17ClO2/c1-10-7-14(15(18)8-11(10)2)17(19)13-3-4-16-12(9-13)5-6-20-16/h3-4,7-9,17,19H,5-6H2,1-2H3. The van der Waals surface area contributed by atoms with Crippen LogP contribution in [-0.4, -0.2) is 11.7 Å². The Kier molecular flexibility index (Phi) is 3.45. The number of halogens is 1. The van der Waals surface area contributed by atoms with E-state index in [0.29, 0.717) is 5.02 Å². The van der Waals surface area contributed by atoms with Crippen LogP contribution in [0.2, 0.25) is 5.02 Å². The monoisotopic (exact) mass is 288 g/mol. The first-order valence-corrected chi connectivity index (χ1v) is 7.14. The third-order valence-electron chi connectivity index (χ3n) is 3.94. The minimum atomic E-state index is -0.701. The van der Waals surface area contributed by atoms with Gasteiger partial charge in [-0.3, -0.25) is 0 Å². The summed E-state index contributed by atoms with van der Waals surface area (Å²) in [7, 11) is 0. The Hall–Kier alpha value is -1.51. The molecule has 20 heavy (non-hydrogen) atoms. The number of aliphatic hydroxyl groups is 1. The topological polar surface area (TPSA) is 29.5 Å². The highest BCUT2D eigenvalue weighted by molar-refractivity contribution is 6.31. The number of aliphatic hydroxyl groups excluding tert-OH is 1. The Bertz CT molecular complexity index is 664. The molecule has 1 heterocycles. The SMILES string of the molecule is Cc1cc(Cl)c(C(O)c2ccc3c(c2)CCO3)cc1C. The zero-order chi connectivity index (χ0) is 14.3. The highest BCUT2D eigenvalue weighted by Gasteiger charge is 2.19. The molecule has 0 fully saturated rings. The number of rotatable bonds is 2. The number of fused-ring (bicyclic) bond motifs is 1. The second kappa shape index (κ2) is 5.12. The molecule has 2 aromatic carbocycles. The molecule has 0 saturated heterocycles. The van der Waals surface area contributed by atoms with Gasteiger partial charge in [0.25, 0.3) is 0 Å². The van der Waals surface area contributed by atoms with Crippen LogP contribution in [0.1, 0.15) is 33.9 Å². The van der Waals surface area contributed by atoms with Crippen LogP contribution in [-0.2, 0) is 6.42 Å². The molecular formula is C17H17ClO2. The van der Waals surface area contributed by atoms with Crippen molar-refractivity contribution in [1.29, 1.82) is 0 Å². The maximum atomic E-state index is 10.6. The van der Waals surface area contributed by atoms with Crippen molar-refractivity contribution in [1.82, 2.24) is 0 Å². The summed E-state index contributed by atoms with van der Waals surface area (Å²) in [5, 5.41) is 11.2. The molecule has 1 atom stereocenters. The molecule has 1 aliphatic rings. The van der Waals surface area contributed by atoms with Crippen LogP contribution in [0.4, 0.5) is 0 Å². The van der Waals surface area contributed by atoms with Crippen molar-refractivity contribution in [2.24, 2.45) is 0 Å². The minimum Gasteiger partial charge on any atom is -0.493 e. The van der Waals surface area contributed by atoms with E-state index in [4.69, 9.17) is 16.3 Å². The third-order valence-corrected chi connectivity index (χ3v) is 4.26. The number of hydrogen-bond donors (Lipinski definition) is 1. The molecule has 0 saturated carbocycles. The summed E-state index contributed by atoms with van der Waals surface area (Å²) in [5.41, 5.74) is 5.04. The first-order chi connectivity index (χ1) is 9.56. The fourth-order valence-electron chi connectivity index (χ4n) is 2.57. The maximum absolute atomic E-state index is 10.6. The van der Waals surface area contributed by atoms with Gasteiger partial charge in [-0.2, -0.15) is 0 Å². The summed E-state index contributed by atoms with van der Waals surface area (Å²) in [6, 6.07) is 9.71. The lowest BCUT2D eigenvalue weighted by atomic mass is 9.96. The molecule has 0 spiro atoms. The number of hydrogen-bond acceptors (Lipinski definition) is 2. The molecule has 2 nitrogen and oxygen atoms in total. The number of benzene rings is 2. The van der Waals surface area contributed by atoms with Crippen LogP contribution in [0.15, 0.2) is 30.3 Å². The summed E-state index contributed by atoms with van der Waals surface area (Å²) in [6.07, 6.45) is 0.198. The highest BCUT2D eigenvalue weighted by Crippen LogP contribution is 2.34. The van der Waals surface area contributed by atoms with Crippen LogP contribution < -0.4 is 4.74 Å². The fraction of sp³-hybridized carbons (Fsp3) is 0.294. The zero-order valence-electron chi connectivity index (χ0n) is 11.6. The van der Waals surface area contributed by atoms with Gasteiger partial charge in [-0.15, -0.1) is 0 Å². The lowest BCUT2D eigenvalue weighted by Crippen LogP contribution is -2.02. The number of ether oxygens (including phenoxy) is 1. The average Bonchev–Trinajstić information content (AvgIpc) is 2.89. The molecule has 0 bridgehead atoms. The van der Waals surface area contributed by atoms with E-state index >= 15 is 0 Å². The van der Waals surface area contributed by atoms with Gasteiger partial charge in [0.1, 0.15) is 11.9 Å². The largest absolute Gasteiger partial charge is 0.493 e. The van der Waals surface area contributed by atoms with E-state index in [0.717, 1.165) is 46.6 Å². The molecule has 3 rings (SSSR count). The van der Waals surface area contributed by atoms with E-state index in [1.165, 1.54) is 0 Å². The smallest absolute Gasteiger partial charge is 0.122 e. The summed E-state index contributed by atoms with van der Waals surface area (Å²) >= 11 is 6.28. The summed E-state index contributed by atoms with van der Waals surface area (Å²) in [5.74, 6) is 0.923. The van der Waals surface area contributed by atoms with Crippen molar-refractivity contribution in [2.75, 3.05) is 6.61 Å². The predicted octanol–water partition coefficient (Wildman–Crippen LogP) is 3.97. The number of aryl methyl sites for hydroxylation is 2. The molecule has 1 N–H and O–H groups in total. The lowest BCUT2D eigenvalue weighted by molar-refractivity contribution is 0.220. The Morgan fingerprint density at radius 2 is 1.90 bits per heavy atom.